The van der Waals surface area contributed by atoms with Crippen LogP contribution in [0.25, 0.3) is 58.9 Å². The standard InChI is InChI=1S/C31H22N2S/c1-19-17-28(33-26-10-5-3-8-22(26)23-9-4-6-11-27(23)33)20(2)16-24(19)21-13-14-29-25(18-21)31-30(34-29)12-7-15-32-31/h3-18H,1-2H3. The molecule has 0 N–H and O–H groups in total. The van der Waals surface area contributed by atoms with Gasteiger partial charge >= 0.3 is 0 Å². The number of nitrogens with zero attached hydrogens (tertiary/aromatic N) is 2. The summed E-state index contributed by atoms with van der Waals surface area (Å²) in [6, 6.07) is 33.1. The molecule has 0 saturated carbocycles. The lowest BCUT2D eigenvalue weighted by atomic mass is 9.96. The zero-order valence-electron chi connectivity index (χ0n) is 19.0. The van der Waals surface area contributed by atoms with Crippen molar-refractivity contribution in [3.63, 3.8) is 0 Å². The third-order valence-corrected chi connectivity index (χ3v) is 8.03. The number of rotatable bonds is 2. The number of hydrogen-bond donors (Lipinski definition) is 0. The predicted molar refractivity (Wildman–Crippen MR) is 146 cm³/mol. The highest BCUT2D eigenvalue weighted by Crippen LogP contribution is 2.38. The molecule has 7 aromatic rings. The molecule has 4 aromatic carbocycles. The van der Waals surface area contributed by atoms with Crippen LogP contribution in [0.5, 0.6) is 0 Å². The summed E-state index contributed by atoms with van der Waals surface area (Å²) < 4.78 is 4.94. The molecule has 0 spiro atoms. The Balaban J connectivity index is 1.45. The number of para-hydroxylation sites is 2. The average Bonchev–Trinajstić information content (AvgIpc) is 3.41. The fraction of sp³-hybridized carbons (Fsp3) is 0.0645. The summed E-state index contributed by atoms with van der Waals surface area (Å²) in [4.78, 5) is 4.66. The number of aryl methyl sites for hydroxylation is 2. The van der Waals surface area contributed by atoms with E-state index in [0.29, 0.717) is 0 Å². The summed E-state index contributed by atoms with van der Waals surface area (Å²) in [5.41, 5.74) is 9.89. The van der Waals surface area contributed by atoms with E-state index < -0.39 is 0 Å². The van der Waals surface area contributed by atoms with Gasteiger partial charge in [0.15, 0.2) is 0 Å². The first-order valence-corrected chi connectivity index (χ1v) is 12.4. The molecule has 0 saturated heterocycles. The van der Waals surface area contributed by atoms with Gasteiger partial charge in [0, 0.05) is 32.7 Å². The molecule has 2 nitrogen and oxygen atoms in total. The summed E-state index contributed by atoms with van der Waals surface area (Å²) in [7, 11) is 0. The third-order valence-electron chi connectivity index (χ3n) is 6.90. The van der Waals surface area contributed by atoms with Crippen molar-refractivity contribution in [3.8, 4) is 16.8 Å². The van der Waals surface area contributed by atoms with Crippen LogP contribution in [0.3, 0.4) is 0 Å². The van der Waals surface area contributed by atoms with Crippen LogP contribution in [0.15, 0.2) is 97.2 Å². The Morgan fingerprint density at radius 1 is 0.647 bits per heavy atom. The van der Waals surface area contributed by atoms with E-state index in [2.05, 4.69) is 108 Å². The second-order valence-electron chi connectivity index (χ2n) is 8.99. The average molecular weight is 455 g/mol. The molecular weight excluding hydrogens is 432 g/mol. The minimum Gasteiger partial charge on any atom is -0.309 e. The van der Waals surface area contributed by atoms with Gasteiger partial charge in [-0.25, -0.2) is 0 Å². The number of aromatic nitrogens is 2. The summed E-state index contributed by atoms with van der Waals surface area (Å²) >= 11 is 1.81. The van der Waals surface area contributed by atoms with Crippen molar-refractivity contribution in [1.29, 1.82) is 0 Å². The van der Waals surface area contributed by atoms with Gasteiger partial charge in [-0.1, -0.05) is 42.5 Å². The minimum absolute atomic E-state index is 1.10. The molecule has 3 heterocycles. The topological polar surface area (TPSA) is 17.8 Å². The van der Waals surface area contributed by atoms with E-state index in [0.717, 1.165) is 5.52 Å². The van der Waals surface area contributed by atoms with Crippen molar-refractivity contribution in [2.45, 2.75) is 13.8 Å². The molecule has 0 unspecified atom stereocenters. The van der Waals surface area contributed by atoms with E-state index in [4.69, 9.17) is 0 Å². The fourth-order valence-electron chi connectivity index (χ4n) is 5.30. The zero-order valence-corrected chi connectivity index (χ0v) is 19.9. The number of fused-ring (bicyclic) bond motifs is 6. The van der Waals surface area contributed by atoms with E-state index in [9.17, 15) is 0 Å². The van der Waals surface area contributed by atoms with Crippen LogP contribution in [-0.2, 0) is 0 Å². The second kappa shape index (κ2) is 7.28. The Kier molecular flexibility index (Phi) is 4.18. The second-order valence-corrected chi connectivity index (χ2v) is 10.1. The highest BCUT2D eigenvalue weighted by atomic mass is 32.1. The Morgan fingerprint density at radius 3 is 2.15 bits per heavy atom. The van der Waals surface area contributed by atoms with Crippen molar-refractivity contribution >= 4 is 53.4 Å². The maximum Gasteiger partial charge on any atom is 0.0888 e. The Hall–Kier alpha value is -3.95. The summed E-state index contributed by atoms with van der Waals surface area (Å²) in [6.07, 6.45) is 1.89. The van der Waals surface area contributed by atoms with Crippen LogP contribution in [-0.4, -0.2) is 9.55 Å². The van der Waals surface area contributed by atoms with Gasteiger partial charge in [0.2, 0.25) is 0 Å². The van der Waals surface area contributed by atoms with E-state index in [-0.39, 0.29) is 0 Å². The molecule has 0 radical (unpaired) electrons. The highest BCUT2D eigenvalue weighted by Gasteiger charge is 2.15. The van der Waals surface area contributed by atoms with Crippen molar-refractivity contribution in [2.75, 3.05) is 0 Å². The van der Waals surface area contributed by atoms with Crippen molar-refractivity contribution in [3.05, 3.63) is 108 Å². The molecule has 34 heavy (non-hydrogen) atoms. The van der Waals surface area contributed by atoms with Gasteiger partial charge in [0.05, 0.1) is 21.3 Å². The number of thiophene rings is 1. The number of hydrogen-bond acceptors (Lipinski definition) is 2. The maximum absolute atomic E-state index is 4.66. The summed E-state index contributed by atoms with van der Waals surface area (Å²) in [5, 5.41) is 3.82. The fourth-order valence-corrected chi connectivity index (χ4v) is 6.34. The maximum atomic E-state index is 4.66. The zero-order chi connectivity index (χ0) is 22.8. The molecule has 162 valence electrons. The van der Waals surface area contributed by atoms with Crippen LogP contribution in [0, 0.1) is 13.8 Å². The van der Waals surface area contributed by atoms with Crippen molar-refractivity contribution < 1.29 is 0 Å². The molecule has 3 aromatic heterocycles. The van der Waals surface area contributed by atoms with Crippen LogP contribution < -0.4 is 0 Å². The SMILES string of the molecule is Cc1cc(-n2c3ccccc3c3ccccc32)c(C)cc1-c1ccc2sc3cccnc3c2c1. The van der Waals surface area contributed by atoms with E-state index in [1.54, 1.807) is 0 Å². The number of benzene rings is 4. The van der Waals surface area contributed by atoms with E-state index in [1.165, 1.54) is 64.5 Å². The lowest BCUT2D eigenvalue weighted by Crippen LogP contribution is -1.99. The molecule has 0 bridgehead atoms. The van der Waals surface area contributed by atoms with Crippen molar-refractivity contribution in [1.82, 2.24) is 9.55 Å². The quantitative estimate of drug-likeness (QED) is 0.255. The van der Waals surface area contributed by atoms with Crippen LogP contribution in [0.2, 0.25) is 0 Å². The van der Waals surface area contributed by atoms with Gasteiger partial charge in [-0.2, -0.15) is 0 Å². The first-order valence-electron chi connectivity index (χ1n) is 11.6. The summed E-state index contributed by atoms with van der Waals surface area (Å²) in [6.45, 7) is 4.45. The lowest BCUT2D eigenvalue weighted by Gasteiger charge is -2.16. The van der Waals surface area contributed by atoms with Gasteiger partial charge in [-0.15, -0.1) is 11.3 Å². The number of pyridine rings is 1. The van der Waals surface area contributed by atoms with Crippen LogP contribution >= 0.6 is 11.3 Å². The molecule has 0 aliphatic rings. The predicted octanol–water partition coefficient (Wildman–Crippen LogP) is 8.83. The molecule has 3 heteroatoms. The van der Waals surface area contributed by atoms with Gasteiger partial charge in [-0.05, 0) is 84.6 Å². The smallest absolute Gasteiger partial charge is 0.0888 e. The van der Waals surface area contributed by atoms with Crippen molar-refractivity contribution in [2.24, 2.45) is 0 Å². The minimum atomic E-state index is 1.10. The molecule has 0 atom stereocenters. The van der Waals surface area contributed by atoms with Crippen LogP contribution in [0.4, 0.5) is 0 Å². The highest BCUT2D eigenvalue weighted by molar-refractivity contribution is 7.25. The molecule has 7 rings (SSSR count). The molecule has 0 aliphatic heterocycles. The monoisotopic (exact) mass is 454 g/mol. The molecule has 0 amide bonds. The van der Waals surface area contributed by atoms with Gasteiger partial charge in [-0.3, -0.25) is 4.98 Å². The van der Waals surface area contributed by atoms with E-state index >= 15 is 0 Å². The molecule has 0 aliphatic carbocycles. The Labute approximate surface area is 201 Å². The largest absolute Gasteiger partial charge is 0.309 e. The third kappa shape index (κ3) is 2.77. The lowest BCUT2D eigenvalue weighted by molar-refractivity contribution is 1.14. The Morgan fingerprint density at radius 2 is 1.38 bits per heavy atom. The molecule has 0 fully saturated rings. The first-order chi connectivity index (χ1) is 16.7. The van der Waals surface area contributed by atoms with Crippen LogP contribution in [0.1, 0.15) is 11.1 Å². The Bertz CT molecular complexity index is 1830. The van der Waals surface area contributed by atoms with Gasteiger partial charge in [0.25, 0.3) is 0 Å². The first kappa shape index (κ1) is 19.5. The molecular formula is C31H22N2S. The van der Waals surface area contributed by atoms with Gasteiger partial charge < -0.3 is 4.57 Å². The summed E-state index contributed by atoms with van der Waals surface area (Å²) in [5.74, 6) is 0. The van der Waals surface area contributed by atoms with E-state index in [1.807, 2.05) is 23.6 Å². The normalized spacial score (nSPS) is 11.8. The van der Waals surface area contributed by atoms with Gasteiger partial charge in [0.1, 0.15) is 0 Å².